The predicted octanol–water partition coefficient (Wildman–Crippen LogP) is 13.0. The summed E-state index contributed by atoms with van der Waals surface area (Å²) >= 11 is 0. The van der Waals surface area contributed by atoms with Crippen LogP contribution < -0.4 is 4.90 Å². The Hall–Kier alpha value is -4.10. The van der Waals surface area contributed by atoms with Gasteiger partial charge in [-0.1, -0.05) is 106 Å². The number of rotatable bonds is 6. The second-order valence-corrected chi connectivity index (χ2v) is 15.7. The maximum absolute atomic E-state index is 2.51. The summed E-state index contributed by atoms with van der Waals surface area (Å²) in [5.41, 5.74) is 15.3. The third-order valence-electron chi connectivity index (χ3n) is 12.7. The zero-order chi connectivity index (χ0) is 31.6. The number of nitrogens with zero attached hydrogens (tertiary/aromatic N) is 1. The molecule has 3 fully saturated rings. The van der Waals surface area contributed by atoms with Crippen molar-refractivity contribution in [1.29, 1.82) is 0 Å². The molecule has 4 aliphatic rings. The molecule has 0 heterocycles. The highest BCUT2D eigenvalue weighted by Crippen LogP contribution is 2.56. The van der Waals surface area contributed by atoms with Crippen LogP contribution in [-0.4, -0.2) is 0 Å². The minimum atomic E-state index is -0.0908. The molecule has 0 spiro atoms. The van der Waals surface area contributed by atoms with Crippen LogP contribution in [0.3, 0.4) is 0 Å². The van der Waals surface area contributed by atoms with Crippen LogP contribution in [0.5, 0.6) is 0 Å². The number of benzene rings is 5. The fraction of sp³-hybridized carbons (Fsp3) is 0.348. The van der Waals surface area contributed by atoms with E-state index in [4.69, 9.17) is 0 Å². The summed E-state index contributed by atoms with van der Waals surface area (Å²) in [6.07, 6.45) is 13.8. The Labute approximate surface area is 281 Å². The molecule has 9 rings (SSSR count). The molecule has 0 radical (unpaired) electrons. The lowest BCUT2D eigenvalue weighted by Crippen LogP contribution is -2.20. The zero-order valence-corrected chi connectivity index (χ0v) is 28.1. The van der Waals surface area contributed by atoms with Gasteiger partial charge >= 0.3 is 0 Å². The van der Waals surface area contributed by atoms with Crippen molar-refractivity contribution in [3.05, 3.63) is 138 Å². The fourth-order valence-electron chi connectivity index (χ4n) is 10.0. The standard InChI is InChI=1S/C46H47N/c1-45(2)43-29-36(34-11-7-4-8-12-34)15-23-41(43)42-24-22-40(30-44(42)45)47(38-18-13-35(14-19-38)33-9-5-3-6-10-33)39-20-16-37(17-21-39)46-27-25-32(31-46)26-28-46/h4,7-8,11-24,29-30,32-33H,3,5-6,9-10,25-28,31H2,1-2H3. The second-order valence-electron chi connectivity index (χ2n) is 15.7. The van der Waals surface area contributed by atoms with E-state index in [-0.39, 0.29) is 5.41 Å². The summed E-state index contributed by atoms with van der Waals surface area (Å²) in [4.78, 5) is 2.51. The van der Waals surface area contributed by atoms with E-state index in [1.54, 1.807) is 5.56 Å². The van der Waals surface area contributed by atoms with Crippen molar-refractivity contribution in [2.45, 2.75) is 94.8 Å². The molecule has 1 heteroatoms. The minimum Gasteiger partial charge on any atom is -0.310 e. The van der Waals surface area contributed by atoms with Gasteiger partial charge < -0.3 is 4.90 Å². The van der Waals surface area contributed by atoms with E-state index in [2.05, 4.69) is 134 Å². The summed E-state index contributed by atoms with van der Waals surface area (Å²) in [5, 5.41) is 0. The SMILES string of the molecule is CC1(C)c2cc(-c3ccccc3)ccc2-c2ccc(N(c3ccc(C4CCCCC4)cc3)c3ccc(C45CCC(CC4)C5)cc3)cc21. The number of fused-ring (bicyclic) bond motifs is 5. The van der Waals surface area contributed by atoms with Crippen LogP contribution in [0.15, 0.2) is 115 Å². The van der Waals surface area contributed by atoms with Crippen LogP contribution in [-0.2, 0) is 10.8 Å². The van der Waals surface area contributed by atoms with Crippen molar-refractivity contribution < 1.29 is 0 Å². The van der Waals surface area contributed by atoms with Crippen molar-refractivity contribution in [2.75, 3.05) is 4.90 Å². The summed E-state index contributed by atoms with van der Waals surface area (Å²) in [6.45, 7) is 4.81. The van der Waals surface area contributed by atoms with Crippen LogP contribution in [0.4, 0.5) is 17.1 Å². The molecule has 0 N–H and O–H groups in total. The van der Waals surface area contributed by atoms with E-state index < -0.39 is 0 Å². The Balaban J connectivity index is 1.11. The molecule has 1 nitrogen and oxygen atoms in total. The highest BCUT2D eigenvalue weighted by Gasteiger charge is 2.45. The second kappa shape index (κ2) is 11.3. The first-order valence-corrected chi connectivity index (χ1v) is 18.3. The first-order chi connectivity index (χ1) is 23.0. The van der Waals surface area contributed by atoms with Crippen molar-refractivity contribution >= 4 is 17.1 Å². The van der Waals surface area contributed by atoms with Crippen LogP contribution in [0.25, 0.3) is 22.3 Å². The molecule has 0 aliphatic heterocycles. The fourth-order valence-corrected chi connectivity index (χ4v) is 10.0. The average Bonchev–Trinajstić information content (AvgIpc) is 3.81. The van der Waals surface area contributed by atoms with Crippen molar-refractivity contribution in [3.63, 3.8) is 0 Å². The molecular formula is C46H47N. The first-order valence-electron chi connectivity index (χ1n) is 18.3. The van der Waals surface area contributed by atoms with Gasteiger partial charge in [-0.3, -0.25) is 0 Å². The summed E-state index contributed by atoms with van der Waals surface area (Å²) in [5.74, 6) is 1.67. The van der Waals surface area contributed by atoms with E-state index in [0.717, 1.165) is 5.92 Å². The molecule has 0 atom stereocenters. The molecular weight excluding hydrogens is 567 g/mol. The molecule has 47 heavy (non-hydrogen) atoms. The normalized spacial score (nSPS) is 22.6. The lowest BCUT2D eigenvalue weighted by molar-refractivity contribution is 0.419. The topological polar surface area (TPSA) is 3.24 Å². The predicted molar refractivity (Wildman–Crippen MR) is 198 cm³/mol. The summed E-state index contributed by atoms with van der Waals surface area (Å²) < 4.78 is 0. The maximum Gasteiger partial charge on any atom is 0.0465 e. The Morgan fingerprint density at radius 2 is 1.17 bits per heavy atom. The Morgan fingerprint density at radius 3 is 1.83 bits per heavy atom. The Kier molecular flexibility index (Phi) is 6.96. The zero-order valence-electron chi connectivity index (χ0n) is 28.1. The highest BCUT2D eigenvalue weighted by atomic mass is 15.1. The van der Waals surface area contributed by atoms with Crippen LogP contribution in [0.2, 0.25) is 0 Å². The van der Waals surface area contributed by atoms with Crippen molar-refractivity contribution in [1.82, 2.24) is 0 Å². The van der Waals surface area contributed by atoms with Gasteiger partial charge in [0.2, 0.25) is 0 Å². The lowest BCUT2D eigenvalue weighted by Gasteiger charge is -2.30. The third kappa shape index (κ3) is 4.88. The smallest absolute Gasteiger partial charge is 0.0465 e. The molecule has 2 bridgehead atoms. The van der Waals surface area contributed by atoms with Crippen molar-refractivity contribution in [2.24, 2.45) is 5.92 Å². The number of hydrogen-bond donors (Lipinski definition) is 0. The van der Waals surface area contributed by atoms with Crippen LogP contribution >= 0.6 is 0 Å². The number of hydrogen-bond acceptors (Lipinski definition) is 1. The van der Waals surface area contributed by atoms with Crippen LogP contribution in [0.1, 0.15) is 106 Å². The molecule has 0 unspecified atom stereocenters. The first kappa shape index (κ1) is 29.1. The van der Waals surface area contributed by atoms with E-state index in [1.165, 1.54) is 120 Å². The van der Waals surface area contributed by atoms with Gasteiger partial charge in [0.05, 0.1) is 0 Å². The minimum absolute atomic E-state index is 0.0908. The molecule has 3 saturated carbocycles. The van der Waals surface area contributed by atoms with Gasteiger partial charge in [-0.15, -0.1) is 0 Å². The molecule has 0 aromatic heterocycles. The highest BCUT2D eigenvalue weighted by molar-refractivity contribution is 5.87. The lowest BCUT2D eigenvalue weighted by atomic mass is 9.78. The largest absolute Gasteiger partial charge is 0.310 e. The molecule has 0 amide bonds. The van der Waals surface area contributed by atoms with E-state index >= 15 is 0 Å². The molecule has 0 saturated heterocycles. The van der Waals surface area contributed by atoms with E-state index in [0.29, 0.717) is 11.3 Å². The van der Waals surface area contributed by atoms with Gasteiger partial charge in [-0.25, -0.2) is 0 Å². The average molecular weight is 614 g/mol. The van der Waals surface area contributed by atoms with Gasteiger partial charge in [0.15, 0.2) is 0 Å². The molecule has 5 aromatic rings. The summed E-state index contributed by atoms with van der Waals surface area (Å²) in [7, 11) is 0. The molecule has 5 aromatic carbocycles. The van der Waals surface area contributed by atoms with E-state index in [1.807, 2.05) is 0 Å². The van der Waals surface area contributed by atoms with E-state index in [9.17, 15) is 0 Å². The quantitative estimate of drug-likeness (QED) is 0.184. The van der Waals surface area contributed by atoms with Crippen LogP contribution in [0, 0.1) is 5.92 Å². The van der Waals surface area contributed by atoms with Gasteiger partial charge in [-0.05, 0) is 149 Å². The van der Waals surface area contributed by atoms with Gasteiger partial charge in [-0.2, -0.15) is 0 Å². The maximum atomic E-state index is 2.51. The third-order valence-corrected chi connectivity index (χ3v) is 12.7. The molecule has 4 aliphatic carbocycles. The monoisotopic (exact) mass is 613 g/mol. The number of anilines is 3. The Morgan fingerprint density at radius 1 is 0.553 bits per heavy atom. The van der Waals surface area contributed by atoms with Gasteiger partial charge in [0, 0.05) is 22.5 Å². The van der Waals surface area contributed by atoms with Gasteiger partial charge in [0.1, 0.15) is 0 Å². The summed E-state index contributed by atoms with van der Waals surface area (Å²) in [6, 6.07) is 44.4. The van der Waals surface area contributed by atoms with Crippen molar-refractivity contribution in [3.8, 4) is 22.3 Å². The van der Waals surface area contributed by atoms with Gasteiger partial charge in [0.25, 0.3) is 0 Å². The Bertz CT molecular complexity index is 1900. The molecule has 236 valence electrons.